The lowest BCUT2D eigenvalue weighted by Crippen LogP contribution is -2.09. The molecule has 1 aromatic heterocycles. The molecule has 0 spiro atoms. The summed E-state index contributed by atoms with van der Waals surface area (Å²) in [6.07, 6.45) is 3.83. The van der Waals surface area contributed by atoms with Gasteiger partial charge in [0.1, 0.15) is 6.61 Å². The molecule has 5 heteroatoms. The largest absolute Gasteiger partial charge is 0.474 e. The number of anilines is 1. The molecule has 0 atom stereocenters. The van der Waals surface area contributed by atoms with Gasteiger partial charge in [-0.25, -0.2) is 4.98 Å². The van der Waals surface area contributed by atoms with Crippen molar-refractivity contribution < 1.29 is 9.47 Å². The molecule has 0 aliphatic heterocycles. The summed E-state index contributed by atoms with van der Waals surface area (Å²) in [6.45, 7) is 5.93. The number of hydrogen-bond donors (Lipinski definition) is 1. The first kappa shape index (κ1) is 14.3. The third-order valence-electron chi connectivity index (χ3n) is 2.38. The van der Waals surface area contributed by atoms with E-state index in [2.05, 4.69) is 27.8 Å². The van der Waals surface area contributed by atoms with Gasteiger partial charge in [-0.3, -0.25) is 0 Å². The van der Waals surface area contributed by atoms with Crippen LogP contribution in [0.1, 0.15) is 25.3 Å². The molecular weight excluding hydrogens is 284 g/mol. The number of pyridine rings is 1. The number of nitrogen functional groups attached to an aromatic ring is 1. The second-order valence-electron chi connectivity index (χ2n) is 3.77. The molecule has 0 radical (unpaired) electrons. The quantitative estimate of drug-likeness (QED) is 0.787. The van der Waals surface area contributed by atoms with Crippen molar-refractivity contribution in [1.82, 2.24) is 4.98 Å². The minimum Gasteiger partial charge on any atom is -0.474 e. The van der Waals surface area contributed by atoms with Gasteiger partial charge in [0.05, 0.1) is 23.0 Å². The highest BCUT2D eigenvalue weighted by atomic mass is 79.9. The van der Waals surface area contributed by atoms with Gasteiger partial charge >= 0.3 is 0 Å². The van der Waals surface area contributed by atoms with E-state index in [1.165, 1.54) is 0 Å². The van der Waals surface area contributed by atoms with E-state index in [1.807, 2.05) is 6.92 Å². The lowest BCUT2D eigenvalue weighted by molar-refractivity contribution is 0.0962. The number of hydrogen-bond acceptors (Lipinski definition) is 4. The highest BCUT2D eigenvalue weighted by molar-refractivity contribution is 9.10. The van der Waals surface area contributed by atoms with Crippen LogP contribution in [-0.2, 0) is 4.74 Å². The second kappa shape index (κ2) is 7.50. The van der Waals surface area contributed by atoms with Crippen molar-refractivity contribution in [2.75, 3.05) is 25.6 Å². The first-order valence-corrected chi connectivity index (χ1v) is 6.57. The topological polar surface area (TPSA) is 57.4 Å². The fourth-order valence-electron chi connectivity index (χ4n) is 1.22. The Morgan fingerprint density at radius 1 is 1.35 bits per heavy atom. The van der Waals surface area contributed by atoms with Gasteiger partial charge in [-0.2, -0.15) is 0 Å². The average Bonchev–Trinajstić information content (AvgIpc) is 2.33. The molecule has 0 saturated carbocycles. The molecule has 17 heavy (non-hydrogen) atoms. The zero-order valence-electron chi connectivity index (χ0n) is 10.3. The van der Waals surface area contributed by atoms with Crippen LogP contribution in [0.5, 0.6) is 5.88 Å². The summed E-state index contributed by atoms with van der Waals surface area (Å²) >= 11 is 3.42. The fraction of sp³-hybridized carbons (Fsp3) is 0.583. The number of unbranched alkanes of at least 4 members (excludes halogenated alkanes) is 1. The van der Waals surface area contributed by atoms with Crippen molar-refractivity contribution >= 4 is 21.6 Å². The zero-order chi connectivity index (χ0) is 12.7. The van der Waals surface area contributed by atoms with Gasteiger partial charge < -0.3 is 15.2 Å². The summed E-state index contributed by atoms with van der Waals surface area (Å²) in [6, 6.07) is 0. The number of rotatable bonds is 7. The summed E-state index contributed by atoms with van der Waals surface area (Å²) in [5.41, 5.74) is 7.33. The first-order valence-electron chi connectivity index (χ1n) is 5.78. The van der Waals surface area contributed by atoms with Crippen LogP contribution < -0.4 is 10.5 Å². The average molecular weight is 303 g/mol. The molecule has 0 aliphatic carbocycles. The Bertz CT molecular complexity index is 359. The van der Waals surface area contributed by atoms with E-state index < -0.39 is 0 Å². The summed E-state index contributed by atoms with van der Waals surface area (Å²) in [4.78, 5) is 4.12. The number of halogens is 1. The Morgan fingerprint density at radius 3 is 2.82 bits per heavy atom. The Morgan fingerprint density at radius 2 is 2.12 bits per heavy atom. The van der Waals surface area contributed by atoms with Crippen molar-refractivity contribution in [2.45, 2.75) is 26.7 Å². The minimum absolute atomic E-state index is 0.499. The predicted molar refractivity (Wildman–Crippen MR) is 72.3 cm³/mol. The van der Waals surface area contributed by atoms with Crippen LogP contribution in [0.15, 0.2) is 10.7 Å². The van der Waals surface area contributed by atoms with Crippen molar-refractivity contribution in [3.05, 3.63) is 16.2 Å². The van der Waals surface area contributed by atoms with Crippen molar-refractivity contribution in [3.8, 4) is 5.88 Å². The Kier molecular flexibility index (Phi) is 6.29. The van der Waals surface area contributed by atoms with Crippen LogP contribution in [0.3, 0.4) is 0 Å². The van der Waals surface area contributed by atoms with Gasteiger partial charge in [0.15, 0.2) is 0 Å². The zero-order valence-corrected chi connectivity index (χ0v) is 11.9. The standard InChI is InChI=1S/C12H19BrN2O2/c1-3-4-5-16-6-7-17-12-11(13)9(2)10(14)8-15-12/h8H,3-7,14H2,1-2H3. The molecule has 0 aromatic carbocycles. The van der Waals surface area contributed by atoms with Gasteiger partial charge in [0.2, 0.25) is 5.88 Å². The van der Waals surface area contributed by atoms with E-state index in [4.69, 9.17) is 15.2 Å². The SMILES string of the molecule is CCCCOCCOc1ncc(N)c(C)c1Br. The van der Waals surface area contributed by atoms with Gasteiger partial charge in [-0.05, 0) is 34.8 Å². The van der Waals surface area contributed by atoms with Crippen LogP contribution in [0.4, 0.5) is 5.69 Å². The number of aromatic nitrogens is 1. The van der Waals surface area contributed by atoms with E-state index in [0.29, 0.717) is 24.8 Å². The number of nitrogens with two attached hydrogens (primary N) is 1. The summed E-state index contributed by atoms with van der Waals surface area (Å²) in [5.74, 6) is 0.566. The van der Waals surface area contributed by atoms with Gasteiger partial charge in [0.25, 0.3) is 0 Å². The first-order chi connectivity index (χ1) is 8.16. The molecular formula is C12H19BrN2O2. The van der Waals surface area contributed by atoms with E-state index in [0.717, 1.165) is 29.5 Å². The van der Waals surface area contributed by atoms with E-state index in [-0.39, 0.29) is 0 Å². The lowest BCUT2D eigenvalue weighted by Gasteiger charge is -2.10. The summed E-state index contributed by atoms with van der Waals surface area (Å²) < 4.78 is 11.7. The molecule has 0 aliphatic rings. The highest BCUT2D eigenvalue weighted by Crippen LogP contribution is 2.29. The minimum atomic E-state index is 0.499. The maximum absolute atomic E-state index is 5.73. The van der Waals surface area contributed by atoms with Gasteiger partial charge in [-0.15, -0.1) is 0 Å². The van der Waals surface area contributed by atoms with Crippen molar-refractivity contribution in [1.29, 1.82) is 0 Å². The van der Waals surface area contributed by atoms with Gasteiger partial charge in [0, 0.05) is 6.61 Å². The van der Waals surface area contributed by atoms with Crippen LogP contribution in [0, 0.1) is 6.92 Å². The normalized spacial score (nSPS) is 10.5. The molecule has 0 saturated heterocycles. The van der Waals surface area contributed by atoms with E-state index in [1.54, 1.807) is 6.20 Å². The molecule has 96 valence electrons. The monoisotopic (exact) mass is 302 g/mol. The smallest absolute Gasteiger partial charge is 0.228 e. The predicted octanol–water partition coefficient (Wildman–Crippen LogP) is 2.93. The maximum atomic E-state index is 5.73. The molecule has 0 bridgehead atoms. The van der Waals surface area contributed by atoms with Crippen molar-refractivity contribution in [2.24, 2.45) is 0 Å². The van der Waals surface area contributed by atoms with Crippen LogP contribution in [-0.4, -0.2) is 24.8 Å². The third-order valence-corrected chi connectivity index (χ3v) is 3.31. The molecule has 0 unspecified atom stereocenters. The Labute approximate surface area is 111 Å². The fourth-order valence-corrected chi connectivity index (χ4v) is 1.66. The summed E-state index contributed by atoms with van der Waals surface area (Å²) in [5, 5.41) is 0. The number of ether oxygens (including phenoxy) is 2. The lowest BCUT2D eigenvalue weighted by atomic mass is 10.2. The van der Waals surface area contributed by atoms with Crippen LogP contribution in [0.2, 0.25) is 0 Å². The third kappa shape index (κ3) is 4.52. The molecule has 0 fully saturated rings. The van der Waals surface area contributed by atoms with Crippen LogP contribution >= 0.6 is 15.9 Å². The molecule has 1 aromatic rings. The van der Waals surface area contributed by atoms with Crippen LogP contribution in [0.25, 0.3) is 0 Å². The second-order valence-corrected chi connectivity index (χ2v) is 4.57. The van der Waals surface area contributed by atoms with Crippen molar-refractivity contribution in [3.63, 3.8) is 0 Å². The molecule has 1 rings (SSSR count). The van der Waals surface area contributed by atoms with Gasteiger partial charge in [-0.1, -0.05) is 13.3 Å². The maximum Gasteiger partial charge on any atom is 0.228 e. The Balaban J connectivity index is 2.35. The molecule has 1 heterocycles. The molecule has 0 amide bonds. The molecule has 2 N–H and O–H groups in total. The van der Waals surface area contributed by atoms with E-state index >= 15 is 0 Å². The number of nitrogens with zero attached hydrogens (tertiary/aromatic N) is 1. The summed E-state index contributed by atoms with van der Waals surface area (Å²) in [7, 11) is 0. The highest BCUT2D eigenvalue weighted by Gasteiger charge is 2.08. The van der Waals surface area contributed by atoms with E-state index in [9.17, 15) is 0 Å². The Hall–Kier alpha value is -0.810. The molecule has 4 nitrogen and oxygen atoms in total.